The predicted octanol–water partition coefficient (Wildman–Crippen LogP) is 14.5. The van der Waals surface area contributed by atoms with Crippen LogP contribution in [0.2, 0.25) is 0 Å². The average molecular weight is 891 g/mol. The van der Waals surface area contributed by atoms with Crippen LogP contribution in [0.3, 0.4) is 0 Å². The molecule has 0 saturated heterocycles. The quantitative estimate of drug-likeness (QED) is 0.157. The molecular weight excluding hydrogens is 857 g/mol. The molecule has 0 aliphatic carbocycles. The summed E-state index contributed by atoms with van der Waals surface area (Å²) < 4.78 is 4.63. The molecule has 0 N–H and O–H groups in total. The molecule has 12 aromatic rings. The van der Waals surface area contributed by atoms with Crippen LogP contribution in [0.4, 0.5) is 0 Å². The van der Waals surface area contributed by atoms with E-state index >= 15 is 0 Å². The van der Waals surface area contributed by atoms with E-state index in [2.05, 4.69) is 137 Å². The molecule has 0 radical (unpaired) electrons. The Balaban J connectivity index is 0.882. The van der Waals surface area contributed by atoms with Crippen LogP contribution < -0.4 is 0 Å². The highest BCUT2D eigenvalue weighted by molar-refractivity contribution is 6.12. The summed E-state index contributed by atoms with van der Waals surface area (Å²) in [7, 11) is 0. The molecule has 0 atom stereocenters. The SMILES string of the molecule is N#Cc1ccc(-c2cc(-c3ccc(-c4cc(C#N)c(-c5ccc(-n6c7ccccc7c7cc(-n8c9ccccc9c9ccccc98)ccc76)cc5)cc4C#N)cc3)nc(-c3ccc(C#N)cc3)n2)cc1. The van der Waals surface area contributed by atoms with Gasteiger partial charge in [-0.3, -0.25) is 0 Å². The topological polar surface area (TPSA) is 131 Å². The maximum absolute atomic E-state index is 10.6. The Morgan fingerprint density at radius 3 is 1.19 bits per heavy atom. The first-order valence-electron chi connectivity index (χ1n) is 22.6. The molecule has 3 heterocycles. The van der Waals surface area contributed by atoms with Gasteiger partial charge < -0.3 is 9.13 Å². The summed E-state index contributed by atoms with van der Waals surface area (Å²) in [6.45, 7) is 0. The van der Waals surface area contributed by atoms with Gasteiger partial charge in [-0.15, -0.1) is 0 Å². The van der Waals surface area contributed by atoms with Crippen molar-refractivity contribution >= 4 is 43.6 Å². The molecular formula is C62H34N8. The number of nitrogens with zero attached hydrogens (tertiary/aromatic N) is 8. The summed E-state index contributed by atoms with van der Waals surface area (Å²) in [6, 6.07) is 77.2. The van der Waals surface area contributed by atoms with Crippen LogP contribution in [-0.2, 0) is 0 Å². The summed E-state index contributed by atoms with van der Waals surface area (Å²) in [5.74, 6) is 0.486. The van der Waals surface area contributed by atoms with Crippen molar-refractivity contribution < 1.29 is 0 Å². The van der Waals surface area contributed by atoms with Gasteiger partial charge in [-0.1, -0.05) is 103 Å². The largest absolute Gasteiger partial charge is 0.309 e. The van der Waals surface area contributed by atoms with Gasteiger partial charge >= 0.3 is 0 Å². The van der Waals surface area contributed by atoms with Crippen molar-refractivity contribution in [2.24, 2.45) is 0 Å². The molecule has 3 aromatic heterocycles. The van der Waals surface area contributed by atoms with E-state index in [1.807, 2.05) is 72.8 Å². The first kappa shape index (κ1) is 41.1. The lowest BCUT2D eigenvalue weighted by Crippen LogP contribution is -1.97. The third kappa shape index (κ3) is 6.90. The number of para-hydroxylation sites is 3. The molecule has 0 saturated carbocycles. The van der Waals surface area contributed by atoms with E-state index in [0.717, 1.165) is 72.0 Å². The van der Waals surface area contributed by atoms with Crippen molar-refractivity contribution in [3.63, 3.8) is 0 Å². The molecule has 0 aliphatic heterocycles. The molecule has 0 aliphatic rings. The smallest absolute Gasteiger partial charge is 0.160 e. The zero-order valence-electron chi connectivity index (χ0n) is 37.2. The monoisotopic (exact) mass is 890 g/mol. The summed E-state index contributed by atoms with van der Waals surface area (Å²) in [5.41, 5.74) is 15.2. The van der Waals surface area contributed by atoms with Crippen molar-refractivity contribution in [1.82, 2.24) is 19.1 Å². The Bertz CT molecular complexity index is 4120. The number of aromatic nitrogens is 4. The lowest BCUT2D eigenvalue weighted by atomic mass is 9.91. The van der Waals surface area contributed by atoms with Crippen molar-refractivity contribution in [2.45, 2.75) is 0 Å². The minimum Gasteiger partial charge on any atom is -0.309 e. The average Bonchev–Trinajstić information content (AvgIpc) is 3.95. The molecule has 8 heteroatoms. The van der Waals surface area contributed by atoms with Crippen molar-refractivity contribution in [1.29, 1.82) is 21.0 Å². The molecule has 9 aromatic carbocycles. The maximum atomic E-state index is 10.6. The number of benzene rings is 9. The normalized spacial score (nSPS) is 11.1. The minimum absolute atomic E-state index is 0.445. The van der Waals surface area contributed by atoms with E-state index in [9.17, 15) is 21.0 Å². The van der Waals surface area contributed by atoms with Gasteiger partial charge in [-0.25, -0.2) is 9.97 Å². The highest BCUT2D eigenvalue weighted by Crippen LogP contribution is 2.39. The molecule has 322 valence electrons. The number of rotatable bonds is 7. The molecule has 0 unspecified atom stereocenters. The lowest BCUT2D eigenvalue weighted by Gasteiger charge is -2.13. The first-order valence-corrected chi connectivity index (χ1v) is 22.6. The number of hydrogen-bond acceptors (Lipinski definition) is 6. The molecule has 0 fully saturated rings. The number of fused-ring (bicyclic) bond motifs is 6. The highest BCUT2D eigenvalue weighted by atomic mass is 15.0. The van der Waals surface area contributed by atoms with E-state index in [1.165, 1.54) is 10.8 Å². The third-order valence-electron chi connectivity index (χ3n) is 13.1. The molecule has 12 rings (SSSR count). The molecule has 70 heavy (non-hydrogen) atoms. The molecule has 0 bridgehead atoms. The van der Waals surface area contributed by atoms with Gasteiger partial charge in [-0.05, 0) is 114 Å². The predicted molar refractivity (Wildman–Crippen MR) is 277 cm³/mol. The molecule has 8 nitrogen and oxygen atoms in total. The maximum Gasteiger partial charge on any atom is 0.160 e. The Morgan fingerprint density at radius 1 is 0.314 bits per heavy atom. The van der Waals surface area contributed by atoms with Crippen LogP contribution in [0.15, 0.2) is 206 Å². The highest BCUT2D eigenvalue weighted by Gasteiger charge is 2.19. The second-order valence-electron chi connectivity index (χ2n) is 17.1. The lowest BCUT2D eigenvalue weighted by molar-refractivity contribution is 1.17. The Morgan fingerprint density at radius 2 is 0.700 bits per heavy atom. The summed E-state index contributed by atoms with van der Waals surface area (Å²) in [5, 5.41) is 44.6. The van der Waals surface area contributed by atoms with Crippen molar-refractivity contribution in [3.05, 3.63) is 229 Å². The van der Waals surface area contributed by atoms with E-state index in [4.69, 9.17) is 9.97 Å². The fourth-order valence-electron chi connectivity index (χ4n) is 9.73. The Kier molecular flexibility index (Phi) is 9.86. The first-order chi connectivity index (χ1) is 34.5. The summed E-state index contributed by atoms with van der Waals surface area (Å²) in [4.78, 5) is 9.81. The van der Waals surface area contributed by atoms with Crippen molar-refractivity contribution in [2.75, 3.05) is 0 Å². The zero-order chi connectivity index (χ0) is 47.3. The van der Waals surface area contributed by atoms with Gasteiger partial charge in [0.25, 0.3) is 0 Å². The van der Waals surface area contributed by atoms with Gasteiger partial charge in [0.15, 0.2) is 5.82 Å². The van der Waals surface area contributed by atoms with Crippen LogP contribution in [0.5, 0.6) is 0 Å². The Hall–Kier alpha value is -10.4. The van der Waals surface area contributed by atoms with Gasteiger partial charge in [0, 0.05) is 60.7 Å². The van der Waals surface area contributed by atoms with Gasteiger partial charge in [0.2, 0.25) is 0 Å². The standard InChI is InChI=1S/C62H34N8/c63-35-39-13-17-43(18-14-39)56-34-57(68-62(67-56)45-19-15-40(36-64)16-20-45)44-23-21-41(22-24-44)53-31-47(38-66)54(32-46(53)37-65)42-25-27-48(28-26-42)69-60-12-6-3-9-52(60)55-33-49(29-30-61(55)69)70-58-10-4-1-7-50(58)51-8-2-5-11-59(51)70/h1-34H. The fraction of sp³-hybridized carbons (Fsp3) is 0. The molecule has 0 spiro atoms. The second kappa shape index (κ2) is 16.8. The van der Waals surface area contributed by atoms with Gasteiger partial charge in [0.05, 0.1) is 80.0 Å². The van der Waals surface area contributed by atoms with Gasteiger partial charge in [-0.2, -0.15) is 21.0 Å². The third-order valence-corrected chi connectivity index (χ3v) is 13.1. The van der Waals surface area contributed by atoms with Crippen molar-refractivity contribution in [3.8, 4) is 91.8 Å². The summed E-state index contributed by atoms with van der Waals surface area (Å²) >= 11 is 0. The summed E-state index contributed by atoms with van der Waals surface area (Å²) in [6.07, 6.45) is 0. The van der Waals surface area contributed by atoms with E-state index < -0.39 is 0 Å². The number of nitriles is 4. The zero-order valence-corrected chi connectivity index (χ0v) is 37.2. The van der Waals surface area contributed by atoms with E-state index in [1.54, 1.807) is 30.3 Å². The van der Waals surface area contributed by atoms with E-state index in [-0.39, 0.29) is 0 Å². The van der Waals surface area contributed by atoms with Crippen LogP contribution >= 0.6 is 0 Å². The van der Waals surface area contributed by atoms with Crippen LogP contribution in [-0.4, -0.2) is 19.1 Å². The number of hydrogen-bond donors (Lipinski definition) is 0. The van der Waals surface area contributed by atoms with Crippen LogP contribution in [0, 0.1) is 45.3 Å². The van der Waals surface area contributed by atoms with E-state index in [0.29, 0.717) is 50.6 Å². The minimum atomic E-state index is 0.445. The fourth-order valence-corrected chi connectivity index (χ4v) is 9.73. The van der Waals surface area contributed by atoms with Gasteiger partial charge in [0.1, 0.15) is 0 Å². The Labute approximate surface area is 402 Å². The molecule has 0 amide bonds. The second-order valence-corrected chi connectivity index (χ2v) is 17.1. The van der Waals surface area contributed by atoms with Crippen LogP contribution in [0.25, 0.3) is 111 Å². The van der Waals surface area contributed by atoms with Crippen LogP contribution in [0.1, 0.15) is 22.3 Å².